The van der Waals surface area contributed by atoms with Crippen molar-refractivity contribution < 1.29 is 58.8 Å². The molecule has 2 aliphatic heterocycles. The third kappa shape index (κ3) is 11.2. The number of allylic oxidation sites excluding steroid dienone is 1. The Balaban J connectivity index is 0.974. The fraction of sp³-hybridized carbons (Fsp3) is 0.494. The Hall–Kier alpha value is -6.64. The van der Waals surface area contributed by atoms with Crippen LogP contribution in [-0.2, 0) is 55.0 Å². The smallest absolute Gasteiger partial charge is 0.316 e. The number of benzene rings is 6. The molecule has 94 heavy (non-hydrogen) atoms. The first-order valence-electron chi connectivity index (χ1n) is 34.4. The van der Waals surface area contributed by atoms with Crippen molar-refractivity contribution in [3.05, 3.63) is 153 Å². The minimum Gasteiger partial charge on any atom is -0.508 e. The zero-order valence-corrected chi connectivity index (χ0v) is 55.8. The van der Waals surface area contributed by atoms with Crippen molar-refractivity contribution >= 4 is 50.4 Å². The molecule has 6 aromatic carbocycles. The predicted molar refractivity (Wildman–Crippen MR) is 367 cm³/mol. The van der Waals surface area contributed by atoms with Crippen LogP contribution < -0.4 is 14.8 Å². The van der Waals surface area contributed by atoms with Crippen LogP contribution in [0, 0.1) is 70.5 Å². The molecule has 4 saturated carbocycles. The van der Waals surface area contributed by atoms with Gasteiger partial charge in [0.2, 0.25) is 0 Å². The number of hydrogen-bond donors (Lipinski definition) is 6. The van der Waals surface area contributed by atoms with Crippen LogP contribution in [0.2, 0.25) is 0 Å². The van der Waals surface area contributed by atoms with E-state index in [1.165, 1.54) is 39.6 Å². The molecule has 9 aliphatic rings. The van der Waals surface area contributed by atoms with Crippen molar-refractivity contribution in [2.45, 2.75) is 145 Å². The summed E-state index contributed by atoms with van der Waals surface area (Å²) < 4.78 is 33.0. The summed E-state index contributed by atoms with van der Waals surface area (Å²) in [7, 11) is 6.12. The summed E-state index contributed by atoms with van der Waals surface area (Å²) >= 11 is 0. The van der Waals surface area contributed by atoms with Gasteiger partial charge in [0.25, 0.3) is 0 Å². The summed E-state index contributed by atoms with van der Waals surface area (Å²) in [6.45, 7) is 5.21. The first-order valence-corrected chi connectivity index (χ1v) is 36.8. The van der Waals surface area contributed by atoms with Gasteiger partial charge in [0, 0.05) is 56.5 Å². The molecule has 0 aromatic heterocycles. The molecular weight excluding hydrogens is 1220 g/mol. The molecule has 2 spiro atoms. The number of aromatic hydroxyl groups is 3. The van der Waals surface area contributed by atoms with Gasteiger partial charge in [0.05, 0.1) is 31.2 Å². The molecule has 6 aromatic rings. The highest BCUT2D eigenvalue weighted by Gasteiger charge is 2.72. The fourth-order valence-electron chi connectivity index (χ4n) is 20.2. The van der Waals surface area contributed by atoms with Crippen LogP contribution in [0.15, 0.2) is 109 Å². The van der Waals surface area contributed by atoms with Gasteiger partial charge in [-0.2, -0.15) is 0 Å². The van der Waals surface area contributed by atoms with Crippen molar-refractivity contribution in [1.29, 1.82) is 0 Å². The second-order valence-electron chi connectivity index (χ2n) is 29.0. The maximum Gasteiger partial charge on any atom is 0.316 e. The molecular formula is C79H87NO12S2. The Morgan fingerprint density at radius 3 is 2.52 bits per heavy atom. The lowest BCUT2D eigenvalue weighted by Crippen LogP contribution is -2.66. The van der Waals surface area contributed by atoms with E-state index in [0.29, 0.717) is 63.3 Å². The van der Waals surface area contributed by atoms with Gasteiger partial charge in [-0.05, 0) is 220 Å². The number of phenols is 3. The number of carbonyl (C=O) groups excluding carboxylic acids is 2. The Morgan fingerprint density at radius 2 is 1.68 bits per heavy atom. The van der Waals surface area contributed by atoms with Crippen LogP contribution >= 0.6 is 21.6 Å². The molecule has 13 bridgehead atoms. The Bertz CT molecular complexity index is 4030. The van der Waals surface area contributed by atoms with Gasteiger partial charge >= 0.3 is 11.9 Å². The molecule has 4 fully saturated rings. The monoisotopic (exact) mass is 1310 g/mol. The van der Waals surface area contributed by atoms with E-state index in [4.69, 9.17) is 23.7 Å². The molecule has 15 heteroatoms. The van der Waals surface area contributed by atoms with Crippen molar-refractivity contribution in [3.8, 4) is 51.7 Å². The average Bonchev–Trinajstić information content (AvgIpc) is 1.15. The van der Waals surface area contributed by atoms with Gasteiger partial charge in [-0.15, -0.1) is 0 Å². The van der Waals surface area contributed by atoms with E-state index in [1.807, 2.05) is 48.5 Å². The number of nitrogens with one attached hydrogen (secondary N) is 1. The Labute approximate surface area is 559 Å². The van der Waals surface area contributed by atoms with E-state index in [0.717, 1.165) is 99.4 Å². The highest BCUT2D eigenvalue weighted by molar-refractivity contribution is 8.76. The standard InChI is InChI=1S/C79H87NO12S2/c1-5-6-7-14-51-24-64-74-62-34-69(84)71(89-4)29-54(62)27-67-70(91-43(2)81)33-57-32-63-60-35-72(68(83)28-53(60)25-65(76(64)86)75(63)79(67,74)66-26-49-13-9-8-12-48(49)23-61(51)66)90-41-73(85)94-93-42-47-20-44-16-17-46(40-88-3)39-80-38-45-11-10-15-50(21-45)59-31-56(82)22-52-18-19-55(30-58(52)59)78(36-44,37-47)77(87)92-57/h8-13,15,18-19,21-22,26,28-31,34-35,44,46-47,51,57,61,63-65,67,70,73-76,80,82-86H,5-7,14,20,23-25,27,32-33,36-42H2,1-4H3/t44-,46-,47+,51-,57-,61-,63-,64-,65+,67+,70+,73+,74-,75-,76-,78-,79-/m0/s1. The Morgan fingerprint density at radius 1 is 0.819 bits per heavy atom. The van der Waals surface area contributed by atoms with E-state index in [2.05, 4.69) is 78.7 Å². The summed E-state index contributed by atoms with van der Waals surface area (Å²) in [5.41, 5.74) is 8.08. The topological polar surface area (TPSA) is 193 Å². The number of aliphatic hydroxyl groups is 2. The number of ether oxygens (including phenoxy) is 5. The highest BCUT2D eigenvalue weighted by Crippen LogP contribution is 2.76. The maximum absolute atomic E-state index is 17.2. The lowest BCUT2D eigenvalue weighted by atomic mass is 9.36. The van der Waals surface area contributed by atoms with Gasteiger partial charge in [0.1, 0.15) is 30.0 Å². The van der Waals surface area contributed by atoms with Gasteiger partial charge in [0.15, 0.2) is 23.0 Å². The largest absolute Gasteiger partial charge is 0.508 e. The lowest BCUT2D eigenvalue weighted by molar-refractivity contribution is -0.188. The minimum absolute atomic E-state index is 0.0337. The lowest BCUT2D eigenvalue weighted by Gasteiger charge is -2.68. The molecule has 0 unspecified atom stereocenters. The van der Waals surface area contributed by atoms with Crippen LogP contribution in [0.5, 0.6) is 28.7 Å². The first-order chi connectivity index (χ1) is 45.6. The Kier molecular flexibility index (Phi) is 17.4. The summed E-state index contributed by atoms with van der Waals surface area (Å²) in [5, 5.41) is 67.1. The molecule has 6 N–H and O–H groups in total. The summed E-state index contributed by atoms with van der Waals surface area (Å²) in [6, 6.07) is 34.6. The molecule has 17 atom stereocenters. The average molecular weight is 1310 g/mol. The predicted octanol–water partition coefficient (Wildman–Crippen LogP) is 13.7. The molecule has 2 heterocycles. The zero-order valence-electron chi connectivity index (χ0n) is 54.2. The maximum atomic E-state index is 17.2. The highest BCUT2D eigenvalue weighted by atomic mass is 33.1. The molecule has 492 valence electrons. The summed E-state index contributed by atoms with van der Waals surface area (Å²) in [6.07, 6.45) is 8.54. The van der Waals surface area contributed by atoms with Crippen LogP contribution in [-0.4, -0.2) is 101 Å². The van der Waals surface area contributed by atoms with Crippen LogP contribution in [0.25, 0.3) is 28.0 Å². The third-order valence-electron chi connectivity index (χ3n) is 23.7. The minimum atomic E-state index is -1.28. The molecule has 0 amide bonds. The van der Waals surface area contributed by atoms with Crippen molar-refractivity contribution in [3.63, 3.8) is 0 Å². The molecule has 0 radical (unpaired) electrons. The molecule has 15 rings (SSSR count). The number of esters is 2. The van der Waals surface area contributed by atoms with E-state index < -0.39 is 52.4 Å². The van der Waals surface area contributed by atoms with E-state index in [1.54, 1.807) is 20.3 Å². The second kappa shape index (κ2) is 25.7. The fourth-order valence-corrected chi connectivity index (χ4v) is 22.5. The van der Waals surface area contributed by atoms with Crippen molar-refractivity contribution in [2.24, 2.45) is 58.7 Å². The van der Waals surface area contributed by atoms with Crippen molar-refractivity contribution in [2.75, 3.05) is 39.7 Å². The quantitative estimate of drug-likeness (QED) is 0.0365. The van der Waals surface area contributed by atoms with E-state index >= 15 is 4.79 Å². The zero-order chi connectivity index (χ0) is 64.7. The van der Waals surface area contributed by atoms with Gasteiger partial charge in [-0.1, -0.05) is 126 Å². The molecule has 0 saturated heterocycles. The third-order valence-corrected chi connectivity index (χ3v) is 26.2. The van der Waals surface area contributed by atoms with Crippen LogP contribution in [0.3, 0.4) is 0 Å². The molecule has 7 aliphatic carbocycles. The molecule has 13 nitrogen and oxygen atoms in total. The number of aliphatic hydroxyl groups excluding tert-OH is 2. The summed E-state index contributed by atoms with van der Waals surface area (Å²) in [5.74, 6) is 5.33. The number of unbranched alkanes of at least 4 members (excludes halogenated alkanes) is 2. The normalized spacial score (nSPS) is 33.0. The van der Waals surface area contributed by atoms with Gasteiger partial charge < -0.3 is 54.5 Å². The van der Waals surface area contributed by atoms with Crippen molar-refractivity contribution in [1.82, 2.24) is 5.32 Å². The number of rotatable bonds is 8. The van der Waals surface area contributed by atoms with Gasteiger partial charge in [-0.3, -0.25) is 9.59 Å². The number of phenolic OH excluding ortho intramolecular Hbond substituents is 3. The SMILES string of the molecule is CCCCC[C@H]1C[C@@H]2[C@H](O)[C@@H]3Cc4cc(O)c5cc4[C@@H]4C[C@@H](C[C@@H](OC(C)=O)[C@H]6Cc7cc(OC)c(O)cc7[C@@H]2[C@@]6(C2=Cc6ccccc6C[C@H]21)[C@H]34)OC(=O)[C@]12C[C@@H](C#C[C@H](COC)CNCc3cccc(c3)-c3cc(O)cc4ccc1cc34)C[C@@H](CSS[C@@H](O)CO5)C2. The van der Waals surface area contributed by atoms with Crippen LogP contribution in [0.1, 0.15) is 134 Å². The first kappa shape index (κ1) is 63.4. The van der Waals surface area contributed by atoms with Gasteiger partial charge in [-0.25, -0.2) is 0 Å². The van der Waals surface area contributed by atoms with E-state index in [-0.39, 0.29) is 102 Å². The van der Waals surface area contributed by atoms with Crippen LogP contribution in [0.4, 0.5) is 0 Å². The summed E-state index contributed by atoms with van der Waals surface area (Å²) in [4.78, 5) is 31.6. The number of hydrogen-bond acceptors (Lipinski definition) is 15. The number of methoxy groups -OCH3 is 2. The van der Waals surface area contributed by atoms with E-state index in [9.17, 15) is 30.3 Å². The second-order valence-corrected chi connectivity index (χ2v) is 31.6. The number of fused-ring (bicyclic) bond motifs is 11. The number of carbonyl (C=O) groups is 2.